The van der Waals surface area contributed by atoms with E-state index in [0.29, 0.717) is 5.56 Å². The molecule has 1 heterocycles. The number of hydrogen-bond acceptors (Lipinski definition) is 4. The molecule has 84 valence electrons. The fraction of sp³-hybridized carbons (Fsp3) is 0.300. The van der Waals surface area contributed by atoms with Gasteiger partial charge in [-0.25, -0.2) is 0 Å². The van der Waals surface area contributed by atoms with E-state index in [1.165, 1.54) is 6.07 Å². The summed E-state index contributed by atoms with van der Waals surface area (Å²) in [4.78, 5) is 21.5. The molecule has 0 aromatic heterocycles. The predicted octanol–water partition coefficient (Wildman–Crippen LogP) is 0.912. The van der Waals surface area contributed by atoms with Gasteiger partial charge in [-0.2, -0.15) is 0 Å². The Morgan fingerprint density at radius 3 is 2.94 bits per heavy atom. The van der Waals surface area contributed by atoms with E-state index >= 15 is 0 Å². The summed E-state index contributed by atoms with van der Waals surface area (Å²) in [6, 6.07) is 3.21. The summed E-state index contributed by atoms with van der Waals surface area (Å²) in [7, 11) is 0. The molecule has 1 aromatic carbocycles. The highest BCUT2D eigenvalue weighted by Crippen LogP contribution is 2.33. The van der Waals surface area contributed by atoms with Crippen LogP contribution in [0.25, 0.3) is 0 Å². The highest BCUT2D eigenvalue weighted by atomic mass is 16.6. The predicted molar refractivity (Wildman–Crippen MR) is 55.2 cm³/mol. The van der Waals surface area contributed by atoms with Crippen LogP contribution in [0.5, 0.6) is 5.75 Å². The second-order valence-electron chi connectivity index (χ2n) is 3.59. The summed E-state index contributed by atoms with van der Waals surface area (Å²) >= 11 is 0. The zero-order valence-electron chi connectivity index (χ0n) is 8.65. The number of carbonyl (C=O) groups excluding carboxylic acids is 1. The van der Waals surface area contributed by atoms with E-state index < -0.39 is 4.92 Å². The summed E-state index contributed by atoms with van der Waals surface area (Å²) in [5, 5.41) is 13.4. The molecule has 0 bridgehead atoms. The average molecular weight is 222 g/mol. The first-order valence-corrected chi connectivity index (χ1v) is 4.75. The Morgan fingerprint density at radius 2 is 2.25 bits per heavy atom. The van der Waals surface area contributed by atoms with Crippen molar-refractivity contribution in [1.82, 2.24) is 5.32 Å². The molecular formula is C10H10N2O4. The molecule has 0 saturated carbocycles. The van der Waals surface area contributed by atoms with Crippen LogP contribution in [-0.4, -0.2) is 17.4 Å². The van der Waals surface area contributed by atoms with Gasteiger partial charge < -0.3 is 10.1 Å². The molecule has 0 aliphatic carbocycles. The van der Waals surface area contributed by atoms with E-state index in [2.05, 4.69) is 5.32 Å². The molecular weight excluding hydrogens is 212 g/mol. The molecule has 0 saturated heterocycles. The quantitative estimate of drug-likeness (QED) is 0.565. The Bertz CT molecular complexity index is 470. The van der Waals surface area contributed by atoms with Crippen molar-refractivity contribution in [2.45, 2.75) is 13.5 Å². The number of aryl methyl sites for hydroxylation is 1. The Hall–Kier alpha value is -2.11. The van der Waals surface area contributed by atoms with Gasteiger partial charge in [0.05, 0.1) is 4.92 Å². The van der Waals surface area contributed by atoms with Crippen molar-refractivity contribution in [2.75, 3.05) is 6.61 Å². The zero-order valence-corrected chi connectivity index (χ0v) is 8.65. The third kappa shape index (κ3) is 1.81. The number of carbonyl (C=O) groups is 1. The second-order valence-corrected chi connectivity index (χ2v) is 3.59. The van der Waals surface area contributed by atoms with E-state index in [9.17, 15) is 14.9 Å². The Kier molecular flexibility index (Phi) is 2.47. The lowest BCUT2D eigenvalue weighted by Gasteiger charge is -2.07. The first-order chi connectivity index (χ1) is 7.58. The van der Waals surface area contributed by atoms with E-state index in [1.54, 1.807) is 13.0 Å². The minimum Gasteiger partial charge on any atom is -0.476 e. The molecule has 6 nitrogen and oxygen atoms in total. The molecule has 16 heavy (non-hydrogen) atoms. The third-order valence-corrected chi connectivity index (χ3v) is 2.31. The van der Waals surface area contributed by atoms with Gasteiger partial charge in [-0.1, -0.05) is 6.07 Å². The minimum absolute atomic E-state index is 0.0912. The van der Waals surface area contributed by atoms with Crippen LogP contribution in [0.3, 0.4) is 0 Å². The van der Waals surface area contributed by atoms with E-state index in [-0.39, 0.29) is 30.5 Å². The highest BCUT2D eigenvalue weighted by Gasteiger charge is 2.23. The maximum Gasteiger partial charge on any atom is 0.311 e. The number of nitro groups is 1. The second kappa shape index (κ2) is 3.80. The van der Waals surface area contributed by atoms with Crippen molar-refractivity contribution < 1.29 is 14.5 Å². The number of nitro benzene ring substituents is 1. The van der Waals surface area contributed by atoms with Gasteiger partial charge in [0.25, 0.3) is 5.91 Å². The van der Waals surface area contributed by atoms with Crippen LogP contribution in [0.15, 0.2) is 12.1 Å². The maximum atomic E-state index is 11.1. The molecule has 0 radical (unpaired) electrons. The standard InChI is InChI=1S/C10H10N2O4/c1-6-2-7-4-11-9(13)5-16-10(7)8(3-6)12(14)15/h2-3H,4-5H2,1H3,(H,11,13). The van der Waals surface area contributed by atoms with Gasteiger partial charge in [0.2, 0.25) is 5.75 Å². The van der Waals surface area contributed by atoms with Crippen LogP contribution in [-0.2, 0) is 11.3 Å². The molecule has 0 fully saturated rings. The summed E-state index contributed by atoms with van der Waals surface area (Å²) < 4.78 is 5.15. The van der Waals surface area contributed by atoms with Crippen molar-refractivity contribution in [3.8, 4) is 5.75 Å². The molecule has 1 aromatic rings. The van der Waals surface area contributed by atoms with Crippen LogP contribution in [0.2, 0.25) is 0 Å². The number of ether oxygens (including phenoxy) is 1. The third-order valence-electron chi connectivity index (χ3n) is 2.31. The van der Waals surface area contributed by atoms with Crippen molar-refractivity contribution >= 4 is 11.6 Å². The molecule has 1 amide bonds. The first-order valence-electron chi connectivity index (χ1n) is 4.75. The van der Waals surface area contributed by atoms with E-state index in [0.717, 1.165) is 5.56 Å². The summed E-state index contributed by atoms with van der Waals surface area (Å²) in [6.07, 6.45) is 0. The molecule has 1 N–H and O–H groups in total. The highest BCUT2D eigenvalue weighted by molar-refractivity contribution is 5.78. The molecule has 2 rings (SSSR count). The number of hydrogen-bond donors (Lipinski definition) is 1. The lowest BCUT2D eigenvalue weighted by Crippen LogP contribution is -2.25. The molecule has 6 heteroatoms. The molecule has 1 aliphatic rings. The van der Waals surface area contributed by atoms with Crippen LogP contribution >= 0.6 is 0 Å². The first kappa shape index (κ1) is 10.4. The lowest BCUT2D eigenvalue weighted by atomic mass is 10.1. The number of nitrogens with zero attached hydrogens (tertiary/aromatic N) is 1. The number of amides is 1. The fourth-order valence-electron chi connectivity index (χ4n) is 1.64. The van der Waals surface area contributed by atoms with Gasteiger partial charge in [-0.15, -0.1) is 0 Å². The Labute approximate surface area is 91.4 Å². The number of rotatable bonds is 1. The monoisotopic (exact) mass is 222 g/mol. The van der Waals surface area contributed by atoms with Gasteiger partial charge in [-0.05, 0) is 12.5 Å². The van der Waals surface area contributed by atoms with Crippen molar-refractivity contribution in [3.05, 3.63) is 33.4 Å². The summed E-state index contributed by atoms with van der Waals surface area (Å²) in [5.41, 5.74) is 1.31. The molecule has 1 aliphatic heterocycles. The Morgan fingerprint density at radius 1 is 1.50 bits per heavy atom. The van der Waals surface area contributed by atoms with Gasteiger partial charge in [0, 0.05) is 18.2 Å². The Balaban J connectivity index is 2.53. The number of benzene rings is 1. The van der Waals surface area contributed by atoms with Gasteiger partial charge in [0.1, 0.15) is 0 Å². The SMILES string of the molecule is Cc1cc2c(c([N+](=O)[O-])c1)OCC(=O)NC2. The van der Waals surface area contributed by atoms with E-state index in [1.807, 2.05) is 0 Å². The molecule has 0 unspecified atom stereocenters. The van der Waals surface area contributed by atoms with Crippen molar-refractivity contribution in [2.24, 2.45) is 0 Å². The molecule has 0 atom stereocenters. The van der Waals surface area contributed by atoms with Crippen LogP contribution in [0.4, 0.5) is 5.69 Å². The smallest absolute Gasteiger partial charge is 0.311 e. The van der Waals surface area contributed by atoms with Crippen molar-refractivity contribution in [1.29, 1.82) is 0 Å². The minimum atomic E-state index is -0.498. The lowest BCUT2D eigenvalue weighted by molar-refractivity contribution is -0.385. The van der Waals surface area contributed by atoms with Gasteiger partial charge >= 0.3 is 5.69 Å². The zero-order chi connectivity index (χ0) is 11.7. The van der Waals surface area contributed by atoms with Gasteiger partial charge in [-0.3, -0.25) is 14.9 Å². The maximum absolute atomic E-state index is 11.1. The topological polar surface area (TPSA) is 81.5 Å². The fourth-order valence-corrected chi connectivity index (χ4v) is 1.64. The van der Waals surface area contributed by atoms with E-state index in [4.69, 9.17) is 4.74 Å². The van der Waals surface area contributed by atoms with Crippen molar-refractivity contribution in [3.63, 3.8) is 0 Å². The largest absolute Gasteiger partial charge is 0.476 e. The average Bonchev–Trinajstić information content (AvgIpc) is 2.40. The molecule has 0 spiro atoms. The van der Waals surface area contributed by atoms with Crippen LogP contribution in [0, 0.1) is 17.0 Å². The normalized spacial score (nSPS) is 14.4. The van der Waals surface area contributed by atoms with Gasteiger partial charge in [0.15, 0.2) is 6.61 Å². The summed E-state index contributed by atoms with van der Waals surface area (Å²) in [5.74, 6) is -0.0860. The van der Waals surface area contributed by atoms with Crippen LogP contribution < -0.4 is 10.1 Å². The number of nitrogens with one attached hydrogen (secondary N) is 1. The van der Waals surface area contributed by atoms with Crippen LogP contribution in [0.1, 0.15) is 11.1 Å². The summed E-state index contributed by atoms with van der Waals surface area (Å²) in [6.45, 7) is 1.84. The number of fused-ring (bicyclic) bond motifs is 1.